The highest BCUT2D eigenvalue weighted by atomic mass is 19.1. The van der Waals surface area contributed by atoms with Gasteiger partial charge in [-0.1, -0.05) is 24.3 Å². The van der Waals surface area contributed by atoms with Crippen molar-refractivity contribution in [3.8, 4) is 5.69 Å². The van der Waals surface area contributed by atoms with Crippen LogP contribution in [0.3, 0.4) is 0 Å². The van der Waals surface area contributed by atoms with E-state index < -0.39 is 0 Å². The third kappa shape index (κ3) is 2.79. The molecule has 26 heavy (non-hydrogen) atoms. The molecule has 0 N–H and O–H groups in total. The number of carbonyl (C=O) groups is 1. The fraction of sp³-hybridized carbons (Fsp3) is 0.238. The Kier molecular flexibility index (Phi) is 4.07. The van der Waals surface area contributed by atoms with Crippen LogP contribution in [0.2, 0.25) is 0 Å². The van der Waals surface area contributed by atoms with Crippen LogP contribution in [0.4, 0.5) is 4.39 Å². The first-order valence-corrected chi connectivity index (χ1v) is 8.76. The molecule has 0 radical (unpaired) electrons. The second-order valence-corrected chi connectivity index (χ2v) is 6.69. The molecule has 0 saturated heterocycles. The Hall–Kier alpha value is -2.95. The molecule has 0 bridgehead atoms. The fourth-order valence-electron chi connectivity index (χ4n) is 3.62. The van der Waals surface area contributed by atoms with Crippen molar-refractivity contribution in [3.63, 3.8) is 0 Å². The van der Waals surface area contributed by atoms with Gasteiger partial charge in [0.1, 0.15) is 5.82 Å². The van der Waals surface area contributed by atoms with E-state index in [1.54, 1.807) is 9.58 Å². The zero-order valence-corrected chi connectivity index (χ0v) is 14.8. The minimum absolute atomic E-state index is 0.120. The van der Waals surface area contributed by atoms with Gasteiger partial charge in [-0.3, -0.25) is 4.79 Å². The Morgan fingerprint density at radius 3 is 2.69 bits per heavy atom. The first-order valence-electron chi connectivity index (χ1n) is 8.76. The number of benzene rings is 2. The van der Waals surface area contributed by atoms with E-state index in [0.717, 1.165) is 28.9 Å². The normalized spacial score (nSPS) is 16.4. The van der Waals surface area contributed by atoms with Crippen molar-refractivity contribution in [2.24, 2.45) is 0 Å². The van der Waals surface area contributed by atoms with Crippen molar-refractivity contribution in [2.75, 3.05) is 6.54 Å². The van der Waals surface area contributed by atoms with Gasteiger partial charge in [0.15, 0.2) is 5.69 Å². The molecule has 2 heterocycles. The summed E-state index contributed by atoms with van der Waals surface area (Å²) >= 11 is 0. The largest absolute Gasteiger partial charge is 0.330 e. The highest BCUT2D eigenvalue weighted by molar-refractivity contribution is 5.93. The monoisotopic (exact) mass is 349 g/mol. The van der Waals surface area contributed by atoms with Gasteiger partial charge < -0.3 is 4.90 Å². The molecule has 4 rings (SSSR count). The van der Waals surface area contributed by atoms with Crippen molar-refractivity contribution in [2.45, 2.75) is 26.3 Å². The Labute approximate surface area is 151 Å². The van der Waals surface area contributed by atoms with Crippen LogP contribution in [0, 0.1) is 12.7 Å². The number of fused-ring (bicyclic) bond motifs is 1. The molecule has 0 aliphatic carbocycles. The van der Waals surface area contributed by atoms with E-state index in [-0.39, 0.29) is 17.8 Å². The molecule has 0 saturated carbocycles. The highest BCUT2D eigenvalue weighted by Gasteiger charge is 2.30. The molecule has 1 amide bonds. The zero-order valence-electron chi connectivity index (χ0n) is 14.8. The van der Waals surface area contributed by atoms with E-state index in [1.165, 1.54) is 12.1 Å². The standard InChI is InChI=1S/C21H20FN3O/c1-14-12-20(23-25(14)18-6-4-3-5-7-18)21(26)24-11-10-16-8-9-17(22)13-19(16)15(24)2/h3-9,12-13,15H,10-11H2,1-2H3. The molecule has 5 heteroatoms. The minimum atomic E-state index is -0.269. The van der Waals surface area contributed by atoms with Crippen LogP contribution in [0.25, 0.3) is 5.69 Å². The summed E-state index contributed by atoms with van der Waals surface area (Å²) in [5, 5.41) is 4.51. The average Bonchev–Trinajstić information content (AvgIpc) is 3.04. The maximum absolute atomic E-state index is 13.6. The number of para-hydroxylation sites is 1. The van der Waals surface area contributed by atoms with E-state index in [2.05, 4.69) is 5.10 Å². The fourth-order valence-corrected chi connectivity index (χ4v) is 3.62. The second-order valence-electron chi connectivity index (χ2n) is 6.69. The molecular formula is C21H20FN3O. The van der Waals surface area contributed by atoms with Crippen LogP contribution in [0.15, 0.2) is 54.6 Å². The number of amides is 1. The Morgan fingerprint density at radius 1 is 1.15 bits per heavy atom. The Morgan fingerprint density at radius 2 is 1.92 bits per heavy atom. The number of carbonyl (C=O) groups excluding carboxylic acids is 1. The van der Waals surface area contributed by atoms with Crippen LogP contribution in [-0.2, 0) is 6.42 Å². The van der Waals surface area contributed by atoms with Crippen molar-refractivity contribution in [1.29, 1.82) is 0 Å². The lowest BCUT2D eigenvalue weighted by Crippen LogP contribution is -2.39. The second kappa shape index (κ2) is 6.41. The van der Waals surface area contributed by atoms with Crippen molar-refractivity contribution >= 4 is 5.91 Å². The Balaban J connectivity index is 1.65. The van der Waals surface area contributed by atoms with Gasteiger partial charge in [0, 0.05) is 12.2 Å². The molecule has 4 nitrogen and oxygen atoms in total. The third-order valence-electron chi connectivity index (χ3n) is 5.02. The molecular weight excluding hydrogens is 329 g/mol. The summed E-state index contributed by atoms with van der Waals surface area (Å²) in [4.78, 5) is 14.8. The summed E-state index contributed by atoms with van der Waals surface area (Å²) in [5.41, 5.74) is 4.22. The van der Waals surface area contributed by atoms with Crippen molar-refractivity contribution < 1.29 is 9.18 Å². The molecule has 1 aromatic heterocycles. The molecule has 2 aromatic carbocycles. The minimum Gasteiger partial charge on any atom is -0.330 e. The number of rotatable bonds is 2. The predicted octanol–water partition coefficient (Wildman–Crippen LogP) is 4.08. The maximum Gasteiger partial charge on any atom is 0.274 e. The summed E-state index contributed by atoms with van der Waals surface area (Å²) in [6.45, 7) is 4.48. The zero-order chi connectivity index (χ0) is 18.3. The van der Waals surface area contributed by atoms with Crippen LogP contribution < -0.4 is 0 Å². The van der Waals surface area contributed by atoms with Gasteiger partial charge in [0.2, 0.25) is 0 Å². The highest BCUT2D eigenvalue weighted by Crippen LogP contribution is 2.31. The van der Waals surface area contributed by atoms with Gasteiger partial charge >= 0.3 is 0 Å². The van der Waals surface area contributed by atoms with E-state index in [4.69, 9.17) is 0 Å². The molecule has 132 valence electrons. The number of hydrogen-bond acceptors (Lipinski definition) is 2. The number of aryl methyl sites for hydroxylation is 1. The van der Waals surface area contributed by atoms with E-state index in [0.29, 0.717) is 12.2 Å². The average molecular weight is 349 g/mol. The summed E-state index contributed by atoms with van der Waals surface area (Å²) in [6.07, 6.45) is 0.726. The Bertz CT molecular complexity index is 965. The SMILES string of the molecule is Cc1cc(C(=O)N2CCc3ccc(F)cc3C2C)nn1-c1ccccc1. The van der Waals surface area contributed by atoms with Crippen molar-refractivity contribution in [3.05, 3.63) is 82.9 Å². The van der Waals surface area contributed by atoms with E-state index >= 15 is 0 Å². The van der Waals surface area contributed by atoms with Crippen molar-refractivity contribution in [1.82, 2.24) is 14.7 Å². The van der Waals surface area contributed by atoms with Gasteiger partial charge in [-0.25, -0.2) is 9.07 Å². The third-order valence-corrected chi connectivity index (χ3v) is 5.02. The van der Waals surface area contributed by atoms with Gasteiger partial charge in [0.05, 0.1) is 11.7 Å². The number of halogens is 1. The quantitative estimate of drug-likeness (QED) is 0.699. The molecule has 0 fully saturated rings. The lowest BCUT2D eigenvalue weighted by Gasteiger charge is -2.34. The predicted molar refractivity (Wildman–Crippen MR) is 97.9 cm³/mol. The van der Waals surface area contributed by atoms with Gasteiger partial charge in [-0.2, -0.15) is 5.10 Å². The molecule has 1 atom stereocenters. The molecule has 1 aliphatic rings. The van der Waals surface area contributed by atoms with Crippen LogP contribution in [0.5, 0.6) is 0 Å². The maximum atomic E-state index is 13.6. The topological polar surface area (TPSA) is 38.1 Å². The molecule has 3 aromatic rings. The summed E-state index contributed by atoms with van der Waals surface area (Å²) in [6, 6.07) is 16.2. The smallest absolute Gasteiger partial charge is 0.274 e. The summed E-state index contributed by atoms with van der Waals surface area (Å²) < 4.78 is 15.4. The lowest BCUT2D eigenvalue weighted by molar-refractivity contribution is 0.0670. The number of aromatic nitrogens is 2. The molecule has 0 spiro atoms. The molecule has 1 aliphatic heterocycles. The number of nitrogens with zero attached hydrogens (tertiary/aromatic N) is 3. The van der Waals surface area contributed by atoms with Crippen LogP contribution in [-0.4, -0.2) is 27.1 Å². The first-order chi connectivity index (χ1) is 12.5. The van der Waals surface area contributed by atoms with Gasteiger partial charge in [-0.15, -0.1) is 0 Å². The van der Waals surface area contributed by atoms with Crippen LogP contribution in [0.1, 0.15) is 40.3 Å². The first kappa shape index (κ1) is 16.5. The summed E-state index contributed by atoms with van der Waals surface area (Å²) in [7, 11) is 0. The van der Waals surface area contributed by atoms with Crippen LogP contribution >= 0.6 is 0 Å². The van der Waals surface area contributed by atoms with Gasteiger partial charge in [0.25, 0.3) is 5.91 Å². The summed E-state index contributed by atoms with van der Waals surface area (Å²) in [5.74, 6) is -0.390. The van der Waals surface area contributed by atoms with Gasteiger partial charge in [-0.05, 0) is 61.7 Å². The van der Waals surface area contributed by atoms with E-state index in [9.17, 15) is 9.18 Å². The lowest BCUT2D eigenvalue weighted by atomic mass is 9.93. The van der Waals surface area contributed by atoms with E-state index in [1.807, 2.05) is 56.3 Å². The number of hydrogen-bond donors (Lipinski definition) is 0. The molecule has 1 unspecified atom stereocenters.